The molecule has 0 atom stereocenters. The first-order chi connectivity index (χ1) is 6.41. The molecule has 0 saturated heterocycles. The third-order valence-corrected chi connectivity index (χ3v) is 0.812. The van der Waals surface area contributed by atoms with Gasteiger partial charge in [-0.05, 0) is 12.1 Å². The van der Waals surface area contributed by atoms with Crippen LogP contribution >= 0.6 is 0 Å². The van der Waals surface area contributed by atoms with Gasteiger partial charge in [0.1, 0.15) is 0 Å². The Balaban J connectivity index is 0.000000174. The fraction of sp³-hybridized carbons (Fsp3) is 0. The van der Waals surface area contributed by atoms with E-state index >= 15 is 0 Å². The molecule has 0 aliphatic heterocycles. The van der Waals surface area contributed by atoms with Gasteiger partial charge in [0.15, 0.2) is 0 Å². The number of aromatic amines is 2. The highest BCUT2D eigenvalue weighted by Gasteiger charge is 1.57. The first kappa shape index (κ1) is 11.4. The molecule has 0 fully saturated rings. The van der Waals surface area contributed by atoms with E-state index in [-0.39, 0.29) is 7.69 Å². The van der Waals surface area contributed by atoms with Crippen LogP contribution in [0.5, 0.6) is 0 Å². The molecule has 0 spiro atoms. The zero-order valence-corrected chi connectivity index (χ0v) is 6.83. The van der Waals surface area contributed by atoms with E-state index in [4.69, 9.17) is 10.0 Å². The maximum Gasteiger partial charge on any atom is 0.482 e. The van der Waals surface area contributed by atoms with Crippen molar-refractivity contribution in [2.45, 2.75) is 0 Å². The largest absolute Gasteiger partial charge is 0.482 e. The molecular weight excluding hydrogens is 171 g/mol. The van der Waals surface area contributed by atoms with Gasteiger partial charge in [-0.15, -0.1) is 0 Å². The van der Waals surface area contributed by atoms with Gasteiger partial charge in [-0.2, -0.15) is 10.2 Å². The predicted octanol–water partition coefficient (Wildman–Crippen LogP) is -0.675. The van der Waals surface area contributed by atoms with Crippen molar-refractivity contribution in [3.63, 3.8) is 0 Å². The highest BCUT2D eigenvalue weighted by molar-refractivity contribution is 6.13. The van der Waals surface area contributed by atoms with Crippen molar-refractivity contribution in [1.29, 1.82) is 0 Å². The maximum absolute atomic E-state index is 7.00. The van der Waals surface area contributed by atoms with E-state index in [0.717, 1.165) is 0 Å². The second-order valence-electron chi connectivity index (χ2n) is 1.65. The molecule has 0 saturated carbocycles. The molecule has 1 radical (unpaired) electrons. The van der Waals surface area contributed by atoms with Crippen LogP contribution in [-0.2, 0) is 0 Å². The average molecular weight is 181 g/mol. The molecule has 4 N–H and O–H groups in total. The molecule has 2 aromatic heterocycles. The van der Waals surface area contributed by atoms with Crippen LogP contribution in [0.3, 0.4) is 0 Å². The fourth-order valence-corrected chi connectivity index (χ4v) is 0.430. The lowest BCUT2D eigenvalue weighted by atomic mass is 10.5. The first-order valence-electron chi connectivity index (χ1n) is 3.39. The first-order valence-corrected chi connectivity index (χ1v) is 3.39. The van der Waals surface area contributed by atoms with E-state index < -0.39 is 0 Å². The number of nitrogens with one attached hydrogen (secondary N) is 2. The number of aromatic nitrogens is 4. The van der Waals surface area contributed by atoms with Crippen LogP contribution in [0.2, 0.25) is 0 Å². The van der Waals surface area contributed by atoms with Crippen LogP contribution in [0.15, 0.2) is 36.9 Å². The van der Waals surface area contributed by atoms with Gasteiger partial charge in [0.05, 0.1) is 0 Å². The summed E-state index contributed by atoms with van der Waals surface area (Å²) < 4.78 is 0. The number of H-pyrrole nitrogens is 2. The monoisotopic (exact) mass is 181 g/mol. The molecule has 0 aliphatic rings. The predicted molar refractivity (Wildman–Crippen MR) is 47.4 cm³/mol. The van der Waals surface area contributed by atoms with Gasteiger partial charge < -0.3 is 10.0 Å². The lowest BCUT2D eigenvalue weighted by Gasteiger charge is -1.49. The molecule has 0 bridgehead atoms. The van der Waals surface area contributed by atoms with Crippen molar-refractivity contribution in [3.05, 3.63) is 36.9 Å². The van der Waals surface area contributed by atoms with Crippen molar-refractivity contribution >= 4 is 7.69 Å². The lowest BCUT2D eigenvalue weighted by molar-refractivity contribution is 0.448. The molecule has 2 aromatic rings. The normalized spacial score (nSPS) is 7.23. The smallest absolute Gasteiger partial charge is 0.429 e. The minimum atomic E-state index is 0. The SMILES string of the molecule is O[B]O.c1cn[nH]c1.c1cn[nH]c1. The summed E-state index contributed by atoms with van der Waals surface area (Å²) in [5.74, 6) is 0. The summed E-state index contributed by atoms with van der Waals surface area (Å²) in [6.07, 6.45) is 6.92. The molecule has 0 unspecified atom stereocenters. The van der Waals surface area contributed by atoms with Crippen molar-refractivity contribution in [3.8, 4) is 0 Å². The quantitative estimate of drug-likeness (QED) is 0.405. The van der Waals surface area contributed by atoms with Gasteiger partial charge in [0.25, 0.3) is 0 Å². The van der Waals surface area contributed by atoms with Crippen LogP contribution in [0.4, 0.5) is 0 Å². The van der Waals surface area contributed by atoms with Crippen LogP contribution in [0.25, 0.3) is 0 Å². The van der Waals surface area contributed by atoms with E-state index in [1.165, 1.54) is 0 Å². The minimum Gasteiger partial charge on any atom is -0.429 e. The van der Waals surface area contributed by atoms with E-state index in [0.29, 0.717) is 0 Å². The van der Waals surface area contributed by atoms with Crippen LogP contribution in [0, 0.1) is 0 Å². The molecule has 0 amide bonds. The van der Waals surface area contributed by atoms with Gasteiger partial charge >= 0.3 is 7.69 Å². The number of nitrogens with zero attached hydrogens (tertiary/aromatic N) is 2. The Kier molecular flexibility index (Phi) is 9.13. The Morgan fingerprint density at radius 1 is 0.923 bits per heavy atom. The summed E-state index contributed by atoms with van der Waals surface area (Å²) in [6.45, 7) is 0. The van der Waals surface area contributed by atoms with Crippen LogP contribution in [-0.4, -0.2) is 38.1 Å². The number of hydrogen-bond donors (Lipinski definition) is 4. The minimum absolute atomic E-state index is 0. The molecule has 13 heavy (non-hydrogen) atoms. The Morgan fingerprint density at radius 2 is 1.31 bits per heavy atom. The third-order valence-electron chi connectivity index (χ3n) is 0.812. The summed E-state index contributed by atoms with van der Waals surface area (Å²) >= 11 is 0. The Hall–Kier alpha value is -1.60. The Bertz CT molecular complexity index is 174. The average Bonchev–Trinajstić information content (AvgIpc) is 2.85. The summed E-state index contributed by atoms with van der Waals surface area (Å²) in [7, 11) is 0. The molecule has 2 rings (SSSR count). The molecule has 69 valence electrons. The van der Waals surface area contributed by atoms with Gasteiger partial charge in [0, 0.05) is 24.8 Å². The van der Waals surface area contributed by atoms with E-state index in [2.05, 4.69) is 20.4 Å². The van der Waals surface area contributed by atoms with Crippen LogP contribution in [0.1, 0.15) is 0 Å². The molecule has 2 heterocycles. The molecule has 0 aliphatic carbocycles. The van der Waals surface area contributed by atoms with Crippen molar-refractivity contribution in [2.75, 3.05) is 0 Å². The second-order valence-corrected chi connectivity index (χ2v) is 1.65. The van der Waals surface area contributed by atoms with Gasteiger partial charge in [0.2, 0.25) is 0 Å². The number of hydrogen-bond acceptors (Lipinski definition) is 4. The van der Waals surface area contributed by atoms with Crippen molar-refractivity contribution in [2.24, 2.45) is 0 Å². The topological polar surface area (TPSA) is 97.8 Å². The number of rotatable bonds is 0. The second kappa shape index (κ2) is 10.4. The van der Waals surface area contributed by atoms with Gasteiger partial charge in [-0.1, -0.05) is 0 Å². The maximum atomic E-state index is 7.00. The van der Waals surface area contributed by atoms with Gasteiger partial charge in [-0.3, -0.25) is 10.2 Å². The van der Waals surface area contributed by atoms with E-state index in [1.54, 1.807) is 24.8 Å². The van der Waals surface area contributed by atoms with E-state index in [9.17, 15) is 0 Å². The molecule has 0 aromatic carbocycles. The Labute approximate surface area is 75.9 Å². The zero-order valence-electron chi connectivity index (χ0n) is 6.83. The summed E-state index contributed by atoms with van der Waals surface area (Å²) in [4.78, 5) is 0. The summed E-state index contributed by atoms with van der Waals surface area (Å²) in [5.41, 5.74) is 0. The molecule has 7 heteroatoms. The highest BCUT2D eigenvalue weighted by atomic mass is 16.4. The molecular formula is C6H10BN4O2. The lowest BCUT2D eigenvalue weighted by Crippen LogP contribution is -1.75. The van der Waals surface area contributed by atoms with Gasteiger partial charge in [-0.25, -0.2) is 0 Å². The van der Waals surface area contributed by atoms with Crippen molar-refractivity contribution < 1.29 is 10.0 Å². The Morgan fingerprint density at radius 3 is 1.38 bits per heavy atom. The third kappa shape index (κ3) is 10.4. The summed E-state index contributed by atoms with van der Waals surface area (Å²) in [6, 6.07) is 3.67. The highest BCUT2D eigenvalue weighted by Crippen LogP contribution is 1.65. The van der Waals surface area contributed by atoms with Crippen LogP contribution < -0.4 is 0 Å². The summed E-state index contributed by atoms with van der Waals surface area (Å²) in [5, 5.41) is 26.4. The molecule has 6 nitrogen and oxygen atoms in total. The zero-order chi connectivity index (χ0) is 9.78. The van der Waals surface area contributed by atoms with E-state index in [1.807, 2.05) is 12.1 Å². The van der Waals surface area contributed by atoms with Crippen molar-refractivity contribution in [1.82, 2.24) is 20.4 Å². The fourth-order valence-electron chi connectivity index (χ4n) is 0.430. The standard InChI is InChI=1S/2C3H4N2.BH2O2/c2*1-2-4-5-3-1;2-1-3/h2*1-3H,(H,4,5);2-3H.